The van der Waals surface area contributed by atoms with Crippen molar-refractivity contribution >= 4 is 50.4 Å². The van der Waals surface area contributed by atoms with E-state index >= 15 is 0 Å². The highest BCUT2D eigenvalue weighted by Gasteiger charge is 2.17. The molecule has 0 unspecified atom stereocenters. The zero-order valence-electron chi connectivity index (χ0n) is 19.4. The summed E-state index contributed by atoms with van der Waals surface area (Å²) in [5, 5.41) is 19.8. The average Bonchev–Trinajstić information content (AvgIpc) is 3.56. The van der Waals surface area contributed by atoms with Gasteiger partial charge in [-0.25, -0.2) is 4.98 Å². The van der Waals surface area contributed by atoms with E-state index in [0.717, 1.165) is 21.3 Å². The zero-order valence-corrected chi connectivity index (χ0v) is 20.2. The molecule has 5 rings (SSSR count). The van der Waals surface area contributed by atoms with Gasteiger partial charge in [-0.3, -0.25) is 9.59 Å². The molecule has 0 spiro atoms. The van der Waals surface area contributed by atoms with Crippen molar-refractivity contribution in [3.05, 3.63) is 95.3 Å². The van der Waals surface area contributed by atoms with Crippen LogP contribution in [-0.4, -0.2) is 38.3 Å². The molecule has 0 aliphatic heterocycles. The Hall–Kier alpha value is -4.57. The average molecular weight is 498 g/mol. The third kappa shape index (κ3) is 5.08. The Morgan fingerprint density at radius 3 is 2.58 bits per heavy atom. The number of hydrogen-bond donors (Lipinski definition) is 3. The number of benzene rings is 2. The zero-order chi connectivity index (χ0) is 24.9. The molecule has 0 atom stereocenters. The molecule has 2 amide bonds. The van der Waals surface area contributed by atoms with Gasteiger partial charge in [0.25, 0.3) is 11.8 Å². The fourth-order valence-electron chi connectivity index (χ4n) is 3.70. The Bertz CT molecular complexity index is 1530. The monoisotopic (exact) mass is 497 g/mol. The number of para-hydroxylation sites is 1. The van der Waals surface area contributed by atoms with E-state index in [1.165, 1.54) is 22.3 Å². The maximum absolute atomic E-state index is 13.3. The normalized spacial score (nSPS) is 10.8. The molecule has 0 aliphatic rings. The van der Waals surface area contributed by atoms with E-state index in [-0.39, 0.29) is 11.8 Å². The van der Waals surface area contributed by atoms with Crippen LogP contribution < -0.4 is 16.0 Å². The number of nitrogens with zero attached hydrogens (tertiary/aromatic N) is 4. The first kappa shape index (κ1) is 23.2. The molecule has 0 fully saturated rings. The summed E-state index contributed by atoms with van der Waals surface area (Å²) in [6.07, 6.45) is 4.65. The number of fused-ring (bicyclic) bond motifs is 1. The molecular formula is C26H23N7O2S. The summed E-state index contributed by atoms with van der Waals surface area (Å²) in [5.41, 5.74) is 3.17. The predicted octanol–water partition coefficient (Wildman–Crippen LogP) is 4.62. The summed E-state index contributed by atoms with van der Waals surface area (Å²) in [4.78, 5) is 32.0. The van der Waals surface area contributed by atoms with E-state index in [1.54, 1.807) is 18.5 Å². The van der Waals surface area contributed by atoms with Gasteiger partial charge in [-0.15, -0.1) is 11.3 Å². The molecular weight excluding hydrogens is 474 g/mol. The van der Waals surface area contributed by atoms with Crippen molar-refractivity contribution in [2.75, 3.05) is 17.2 Å². The number of rotatable bonds is 8. The van der Waals surface area contributed by atoms with E-state index < -0.39 is 0 Å². The summed E-state index contributed by atoms with van der Waals surface area (Å²) >= 11 is 1.51. The first-order chi connectivity index (χ1) is 17.6. The molecule has 5 aromatic rings. The second kappa shape index (κ2) is 10.4. The maximum Gasteiger partial charge on any atom is 0.257 e. The first-order valence-electron chi connectivity index (χ1n) is 11.3. The van der Waals surface area contributed by atoms with Crippen LogP contribution in [0.4, 0.5) is 17.2 Å². The number of anilines is 3. The van der Waals surface area contributed by atoms with Crippen molar-refractivity contribution in [2.45, 2.75) is 13.5 Å². The molecule has 36 heavy (non-hydrogen) atoms. The van der Waals surface area contributed by atoms with Crippen LogP contribution in [0.1, 0.15) is 26.3 Å². The lowest BCUT2D eigenvalue weighted by atomic mass is 10.1. The van der Waals surface area contributed by atoms with Crippen molar-refractivity contribution in [2.24, 2.45) is 0 Å². The van der Waals surface area contributed by atoms with Crippen LogP contribution in [0.25, 0.3) is 10.1 Å². The van der Waals surface area contributed by atoms with Gasteiger partial charge < -0.3 is 16.0 Å². The Kier molecular flexibility index (Phi) is 6.67. The van der Waals surface area contributed by atoms with Crippen LogP contribution in [0.15, 0.2) is 78.6 Å². The van der Waals surface area contributed by atoms with Crippen molar-refractivity contribution in [3.8, 4) is 0 Å². The molecule has 0 saturated carbocycles. The highest BCUT2D eigenvalue weighted by molar-refractivity contribution is 7.17. The van der Waals surface area contributed by atoms with Crippen molar-refractivity contribution in [1.29, 1.82) is 0 Å². The number of nitrogens with one attached hydrogen (secondary N) is 3. The van der Waals surface area contributed by atoms with Crippen LogP contribution >= 0.6 is 11.3 Å². The van der Waals surface area contributed by atoms with E-state index in [4.69, 9.17) is 0 Å². The van der Waals surface area contributed by atoms with Gasteiger partial charge in [0, 0.05) is 33.9 Å². The van der Waals surface area contributed by atoms with Gasteiger partial charge in [-0.2, -0.15) is 15.0 Å². The second-order valence-electron chi connectivity index (χ2n) is 8.04. The first-order valence-corrected chi connectivity index (χ1v) is 12.2. The third-order valence-electron chi connectivity index (χ3n) is 5.59. The number of amides is 2. The number of pyridine rings is 1. The minimum atomic E-state index is -0.312. The number of aromatic nitrogens is 4. The Balaban J connectivity index is 1.41. The molecule has 0 radical (unpaired) electrons. The van der Waals surface area contributed by atoms with Crippen molar-refractivity contribution in [1.82, 2.24) is 25.3 Å². The molecule has 9 nitrogen and oxygen atoms in total. The molecule has 180 valence electrons. The lowest BCUT2D eigenvalue weighted by molar-refractivity contribution is 0.0949. The lowest BCUT2D eigenvalue weighted by Crippen LogP contribution is -2.28. The van der Waals surface area contributed by atoms with E-state index in [9.17, 15) is 9.59 Å². The van der Waals surface area contributed by atoms with Crippen LogP contribution in [0.3, 0.4) is 0 Å². The molecule has 3 N–H and O–H groups in total. The number of thiophene rings is 1. The van der Waals surface area contributed by atoms with Crippen LogP contribution in [0, 0.1) is 6.92 Å². The summed E-state index contributed by atoms with van der Waals surface area (Å²) < 4.78 is 1.03. The van der Waals surface area contributed by atoms with Gasteiger partial charge in [0.05, 0.1) is 35.8 Å². The van der Waals surface area contributed by atoms with E-state index in [2.05, 4.69) is 31.1 Å². The minimum absolute atomic E-state index is 0.274. The Labute approximate surface area is 211 Å². The molecule has 10 heteroatoms. The number of aryl methyl sites for hydroxylation is 1. The molecule has 3 aromatic heterocycles. The lowest BCUT2D eigenvalue weighted by Gasteiger charge is -2.15. The topological polar surface area (TPSA) is 114 Å². The van der Waals surface area contributed by atoms with Gasteiger partial charge in [0.15, 0.2) is 5.82 Å². The molecule has 2 aromatic carbocycles. The fraction of sp³-hybridized carbons (Fsp3) is 0.115. The SMILES string of the molecule is Cc1ccccc1Nc1ncc(C(=O)NCCn2nccn2)cc1NC(=O)c1csc2ccccc12. The maximum atomic E-state index is 13.3. The van der Waals surface area contributed by atoms with Crippen LogP contribution in [0.2, 0.25) is 0 Å². The third-order valence-corrected chi connectivity index (χ3v) is 6.55. The van der Waals surface area contributed by atoms with E-state index in [1.807, 2.05) is 60.8 Å². The highest BCUT2D eigenvalue weighted by Crippen LogP contribution is 2.29. The second-order valence-corrected chi connectivity index (χ2v) is 8.95. The predicted molar refractivity (Wildman–Crippen MR) is 141 cm³/mol. The standard InChI is InChI=1S/C26H23N7O2S/c1-17-6-2-4-8-21(17)31-24-22(32-26(35)20-16-36-23-9-5-3-7-19(20)23)14-18(15-28-24)25(34)27-12-13-33-29-10-11-30-33/h2-11,14-16H,12-13H2,1H3,(H,27,34)(H,28,31)(H,32,35). The smallest absolute Gasteiger partial charge is 0.257 e. The summed E-state index contributed by atoms with van der Waals surface area (Å²) in [5.74, 6) is -0.146. The molecule has 3 heterocycles. The van der Waals surface area contributed by atoms with E-state index in [0.29, 0.717) is 35.7 Å². The Morgan fingerprint density at radius 1 is 0.972 bits per heavy atom. The summed E-state index contributed by atoms with van der Waals surface area (Å²) in [7, 11) is 0. The minimum Gasteiger partial charge on any atom is -0.350 e. The number of hydrogen-bond acceptors (Lipinski definition) is 7. The largest absolute Gasteiger partial charge is 0.350 e. The van der Waals surface area contributed by atoms with Gasteiger partial charge in [-0.1, -0.05) is 36.4 Å². The van der Waals surface area contributed by atoms with Crippen molar-refractivity contribution < 1.29 is 9.59 Å². The Morgan fingerprint density at radius 2 is 1.75 bits per heavy atom. The quantitative estimate of drug-likeness (QED) is 0.288. The van der Waals surface area contributed by atoms with Crippen LogP contribution in [-0.2, 0) is 6.54 Å². The van der Waals surface area contributed by atoms with Crippen molar-refractivity contribution in [3.63, 3.8) is 0 Å². The summed E-state index contributed by atoms with van der Waals surface area (Å²) in [6, 6.07) is 17.2. The summed E-state index contributed by atoms with van der Waals surface area (Å²) in [6.45, 7) is 2.77. The molecule has 0 saturated heterocycles. The van der Waals surface area contributed by atoms with Gasteiger partial charge in [-0.05, 0) is 30.7 Å². The number of carbonyl (C=O) groups is 2. The van der Waals surface area contributed by atoms with Gasteiger partial charge in [0.1, 0.15) is 0 Å². The van der Waals surface area contributed by atoms with Gasteiger partial charge in [0.2, 0.25) is 0 Å². The van der Waals surface area contributed by atoms with Gasteiger partial charge >= 0.3 is 0 Å². The number of carbonyl (C=O) groups excluding carboxylic acids is 2. The highest BCUT2D eigenvalue weighted by atomic mass is 32.1. The molecule has 0 aliphatic carbocycles. The van der Waals surface area contributed by atoms with Crippen LogP contribution in [0.5, 0.6) is 0 Å². The fourth-order valence-corrected chi connectivity index (χ4v) is 4.64. The molecule has 0 bridgehead atoms.